The molecule has 0 saturated heterocycles. The third kappa shape index (κ3) is 3.50. The maximum absolute atomic E-state index is 13.0. The number of halogens is 2. The van der Waals surface area contributed by atoms with Crippen LogP contribution in [0.4, 0.5) is 10.3 Å². The van der Waals surface area contributed by atoms with Crippen molar-refractivity contribution in [1.82, 2.24) is 14.8 Å². The molecule has 1 unspecified atom stereocenters. The van der Waals surface area contributed by atoms with E-state index < -0.39 is 0 Å². The third-order valence-electron chi connectivity index (χ3n) is 4.43. The molecule has 1 N–H and O–H groups in total. The average Bonchev–Trinajstić information content (AvgIpc) is 3.15. The Labute approximate surface area is 165 Å². The van der Waals surface area contributed by atoms with E-state index in [0.717, 1.165) is 11.1 Å². The highest BCUT2D eigenvalue weighted by Gasteiger charge is 2.29. The van der Waals surface area contributed by atoms with E-state index in [0.29, 0.717) is 22.5 Å². The molecule has 0 saturated carbocycles. The predicted molar refractivity (Wildman–Crippen MR) is 100 cm³/mol. The largest absolute Gasteiger partial charge is 0.493 e. The van der Waals surface area contributed by atoms with Crippen LogP contribution < -0.4 is 14.8 Å². The number of carbonyl (C=O) groups excluding carboxylic acids is 1. The first-order valence-electron chi connectivity index (χ1n) is 8.49. The van der Waals surface area contributed by atoms with Crippen molar-refractivity contribution >= 4 is 23.5 Å². The van der Waals surface area contributed by atoms with Gasteiger partial charge in [-0.15, -0.1) is 0 Å². The van der Waals surface area contributed by atoms with Crippen LogP contribution in [0.15, 0.2) is 42.7 Å². The molecule has 144 valence electrons. The number of amides is 1. The van der Waals surface area contributed by atoms with Gasteiger partial charge in [0.25, 0.3) is 0 Å². The smallest absolute Gasteiger partial charge is 0.229 e. The minimum absolute atomic E-state index is 0.155. The van der Waals surface area contributed by atoms with Crippen LogP contribution in [-0.2, 0) is 11.4 Å². The average molecular weight is 403 g/mol. The molecule has 7 nitrogen and oxygen atoms in total. The molecule has 0 radical (unpaired) electrons. The quantitative estimate of drug-likeness (QED) is 0.705. The summed E-state index contributed by atoms with van der Waals surface area (Å²) in [5.74, 6) is 0.714. The van der Waals surface area contributed by atoms with Gasteiger partial charge in [-0.25, -0.2) is 9.07 Å². The van der Waals surface area contributed by atoms with Gasteiger partial charge in [-0.1, -0.05) is 23.7 Å². The van der Waals surface area contributed by atoms with Gasteiger partial charge in [-0.2, -0.15) is 10.1 Å². The Hall–Kier alpha value is -3.13. The number of fused-ring (bicyclic) bond motifs is 1. The van der Waals surface area contributed by atoms with E-state index in [1.165, 1.54) is 25.6 Å². The fourth-order valence-corrected chi connectivity index (χ4v) is 3.35. The van der Waals surface area contributed by atoms with E-state index in [2.05, 4.69) is 15.4 Å². The molecule has 28 heavy (non-hydrogen) atoms. The highest BCUT2D eigenvalue weighted by Crippen LogP contribution is 2.40. The first kappa shape index (κ1) is 18.2. The van der Waals surface area contributed by atoms with Crippen LogP contribution in [0.25, 0.3) is 0 Å². The number of benzene rings is 2. The summed E-state index contributed by atoms with van der Waals surface area (Å²) < 4.78 is 25.9. The van der Waals surface area contributed by atoms with E-state index in [1.807, 2.05) is 0 Å². The Kier molecular flexibility index (Phi) is 4.87. The molecule has 0 spiro atoms. The summed E-state index contributed by atoms with van der Waals surface area (Å²) in [6.07, 6.45) is 1.58. The molecular weight excluding hydrogens is 387 g/mol. The molecule has 1 aliphatic rings. The second-order valence-electron chi connectivity index (χ2n) is 6.25. The van der Waals surface area contributed by atoms with Crippen LogP contribution in [0.1, 0.15) is 23.6 Å². The number of nitrogens with one attached hydrogen (secondary N) is 1. The molecule has 1 aliphatic heterocycles. The second-order valence-corrected chi connectivity index (χ2v) is 6.65. The van der Waals surface area contributed by atoms with Crippen molar-refractivity contribution in [3.63, 3.8) is 0 Å². The van der Waals surface area contributed by atoms with E-state index in [-0.39, 0.29) is 30.8 Å². The molecular formula is C19H16ClFN4O3. The van der Waals surface area contributed by atoms with Gasteiger partial charge in [-0.3, -0.25) is 10.1 Å². The van der Waals surface area contributed by atoms with Gasteiger partial charge in [0.05, 0.1) is 24.6 Å². The number of methoxy groups -OCH3 is 1. The van der Waals surface area contributed by atoms with Crippen LogP contribution in [-0.4, -0.2) is 27.8 Å². The molecule has 0 fully saturated rings. The van der Waals surface area contributed by atoms with Crippen LogP contribution in [0, 0.1) is 5.82 Å². The van der Waals surface area contributed by atoms with Gasteiger partial charge in [0.15, 0.2) is 11.5 Å². The maximum atomic E-state index is 13.0. The highest BCUT2D eigenvalue weighted by atomic mass is 35.5. The van der Waals surface area contributed by atoms with Gasteiger partial charge >= 0.3 is 0 Å². The van der Waals surface area contributed by atoms with Gasteiger partial charge in [0.2, 0.25) is 11.9 Å². The minimum atomic E-state index is -0.358. The lowest BCUT2D eigenvalue weighted by atomic mass is 10.0. The number of aromatic nitrogens is 3. The highest BCUT2D eigenvalue weighted by molar-refractivity contribution is 6.32. The summed E-state index contributed by atoms with van der Waals surface area (Å²) in [6, 6.07) is 9.13. The molecule has 3 aromatic rings. The van der Waals surface area contributed by atoms with Crippen molar-refractivity contribution in [1.29, 1.82) is 0 Å². The Bertz CT molecular complexity index is 1020. The first-order valence-corrected chi connectivity index (χ1v) is 8.87. The fourth-order valence-electron chi connectivity index (χ4n) is 3.07. The summed E-state index contributed by atoms with van der Waals surface area (Å²) in [7, 11) is 1.51. The normalized spacial score (nSPS) is 15.7. The molecule has 2 aromatic carbocycles. The van der Waals surface area contributed by atoms with Crippen LogP contribution in [0.5, 0.6) is 11.5 Å². The van der Waals surface area contributed by atoms with E-state index in [1.54, 1.807) is 28.9 Å². The van der Waals surface area contributed by atoms with Gasteiger partial charge in [0, 0.05) is 0 Å². The lowest BCUT2D eigenvalue weighted by Crippen LogP contribution is -2.29. The predicted octanol–water partition coefficient (Wildman–Crippen LogP) is 3.59. The zero-order valence-electron chi connectivity index (χ0n) is 14.9. The van der Waals surface area contributed by atoms with Gasteiger partial charge < -0.3 is 9.47 Å². The first-order chi connectivity index (χ1) is 13.5. The topological polar surface area (TPSA) is 78.3 Å². The molecule has 1 amide bonds. The molecule has 4 rings (SSSR count). The Morgan fingerprint density at radius 3 is 2.86 bits per heavy atom. The van der Waals surface area contributed by atoms with Crippen molar-refractivity contribution in [2.45, 2.75) is 19.1 Å². The molecule has 0 bridgehead atoms. The number of nitrogens with zero attached hydrogens (tertiary/aromatic N) is 3. The summed E-state index contributed by atoms with van der Waals surface area (Å²) >= 11 is 6.45. The lowest BCUT2D eigenvalue weighted by Gasteiger charge is -2.24. The number of anilines is 1. The summed E-state index contributed by atoms with van der Waals surface area (Å²) in [5, 5.41) is 7.19. The number of carbonyl (C=O) groups is 1. The number of hydrogen-bond donors (Lipinski definition) is 1. The zero-order valence-corrected chi connectivity index (χ0v) is 15.6. The Morgan fingerprint density at radius 1 is 1.32 bits per heavy atom. The number of ether oxygens (including phenoxy) is 2. The minimum Gasteiger partial charge on any atom is -0.493 e. The van der Waals surface area contributed by atoms with Crippen LogP contribution in [0.2, 0.25) is 5.02 Å². The van der Waals surface area contributed by atoms with Crippen molar-refractivity contribution in [2.24, 2.45) is 0 Å². The summed E-state index contributed by atoms with van der Waals surface area (Å²) in [6.45, 7) is 0.203. The van der Waals surface area contributed by atoms with E-state index >= 15 is 0 Å². The molecule has 1 aromatic heterocycles. The molecule has 0 aliphatic carbocycles. The zero-order chi connectivity index (χ0) is 19.7. The molecule has 1 atom stereocenters. The maximum Gasteiger partial charge on any atom is 0.229 e. The van der Waals surface area contributed by atoms with Crippen molar-refractivity contribution in [3.8, 4) is 11.5 Å². The number of rotatable bonds is 5. The number of hydrogen-bond acceptors (Lipinski definition) is 5. The Balaban J connectivity index is 1.63. The summed E-state index contributed by atoms with van der Waals surface area (Å²) in [5.41, 5.74) is 1.54. The SMILES string of the molecule is COc1cc(C2CC(=O)Nc3ncnn32)cc(Cl)c1OCc1ccc(F)cc1. The van der Waals surface area contributed by atoms with E-state index in [9.17, 15) is 9.18 Å². The van der Waals surface area contributed by atoms with Crippen LogP contribution >= 0.6 is 11.6 Å². The van der Waals surface area contributed by atoms with Gasteiger partial charge in [0.1, 0.15) is 18.8 Å². The van der Waals surface area contributed by atoms with Crippen LogP contribution in [0.3, 0.4) is 0 Å². The van der Waals surface area contributed by atoms with Crippen molar-refractivity contribution < 1.29 is 18.7 Å². The monoisotopic (exact) mass is 402 g/mol. The van der Waals surface area contributed by atoms with Crippen molar-refractivity contribution in [3.05, 3.63) is 64.7 Å². The Morgan fingerprint density at radius 2 is 2.11 bits per heavy atom. The fraction of sp³-hybridized carbons (Fsp3) is 0.211. The lowest BCUT2D eigenvalue weighted by molar-refractivity contribution is -0.117. The second kappa shape index (κ2) is 7.47. The third-order valence-corrected chi connectivity index (χ3v) is 4.71. The summed E-state index contributed by atoms with van der Waals surface area (Å²) in [4.78, 5) is 16.0. The molecule has 2 heterocycles. The standard InChI is InChI=1S/C19H16ClFN4O3/c1-27-16-7-12(15-8-17(26)24-19-22-10-23-25(15)19)6-14(20)18(16)28-9-11-2-4-13(21)5-3-11/h2-7,10,15H,8-9H2,1H3,(H,22,23,24,26). The molecule has 9 heteroatoms. The van der Waals surface area contributed by atoms with Gasteiger partial charge in [-0.05, 0) is 35.4 Å². The van der Waals surface area contributed by atoms with Crippen molar-refractivity contribution in [2.75, 3.05) is 12.4 Å². The van der Waals surface area contributed by atoms with E-state index in [4.69, 9.17) is 21.1 Å².